The van der Waals surface area contributed by atoms with Gasteiger partial charge in [0.1, 0.15) is 5.75 Å². The van der Waals surface area contributed by atoms with Crippen molar-refractivity contribution in [3.8, 4) is 16.9 Å². The van der Waals surface area contributed by atoms with Crippen molar-refractivity contribution >= 4 is 29.0 Å². The molecule has 0 bridgehead atoms. The van der Waals surface area contributed by atoms with Crippen LogP contribution in [-0.2, 0) is 27.3 Å². The maximum absolute atomic E-state index is 14.2. The number of hydrazone groups is 1. The van der Waals surface area contributed by atoms with Crippen LogP contribution in [0.4, 0.5) is 11.4 Å². The lowest BCUT2D eigenvalue weighted by atomic mass is 9.92. The number of nitro benzene ring substituents is 1. The number of amides is 1. The van der Waals surface area contributed by atoms with Crippen molar-refractivity contribution in [1.82, 2.24) is 10.5 Å². The number of nitrogens with zero attached hydrogens (tertiary/aromatic N) is 4. The maximum atomic E-state index is 14.2. The summed E-state index contributed by atoms with van der Waals surface area (Å²) in [6, 6.07) is 27.5. The molecule has 0 saturated heterocycles. The molecule has 0 radical (unpaired) electrons. The number of nitrogens with one attached hydrogen (secondary N) is 1. The molecule has 1 amide bonds. The van der Waals surface area contributed by atoms with E-state index in [0.29, 0.717) is 23.3 Å². The first-order valence-electron chi connectivity index (χ1n) is 16.2. The van der Waals surface area contributed by atoms with Gasteiger partial charge in [0, 0.05) is 29.7 Å². The van der Waals surface area contributed by atoms with E-state index in [1.807, 2.05) is 13.0 Å². The Morgan fingerprint density at radius 3 is 2.28 bits per heavy atom. The van der Waals surface area contributed by atoms with Gasteiger partial charge in [0.15, 0.2) is 17.1 Å². The Morgan fingerprint density at radius 1 is 0.980 bits per heavy atom. The van der Waals surface area contributed by atoms with Crippen LogP contribution in [0.1, 0.15) is 48.2 Å². The van der Waals surface area contributed by atoms with Crippen LogP contribution in [0.2, 0.25) is 0 Å². The van der Waals surface area contributed by atoms with Gasteiger partial charge in [-0.3, -0.25) is 19.7 Å². The molecule has 50 heavy (non-hydrogen) atoms. The molecule has 1 atom stereocenters. The number of benzene rings is 4. The zero-order valence-electron chi connectivity index (χ0n) is 28.1. The number of hydrogen-bond acceptors (Lipinski definition) is 11. The van der Waals surface area contributed by atoms with E-state index in [2.05, 4.69) is 10.6 Å². The molecule has 2 N–H and O–H groups in total. The fourth-order valence-corrected chi connectivity index (χ4v) is 5.59. The normalized spacial score (nSPS) is 15.6. The first-order valence-corrected chi connectivity index (χ1v) is 16.2. The number of esters is 1. The summed E-state index contributed by atoms with van der Waals surface area (Å²) in [5.74, 6) is -0.887. The number of nitro groups is 1. The van der Waals surface area contributed by atoms with Gasteiger partial charge in [0.05, 0.1) is 25.2 Å². The summed E-state index contributed by atoms with van der Waals surface area (Å²) in [5, 5.41) is 32.0. The lowest BCUT2D eigenvalue weighted by Crippen LogP contribution is -2.56. The second-order valence-electron chi connectivity index (χ2n) is 11.5. The summed E-state index contributed by atoms with van der Waals surface area (Å²) < 4.78 is 10.5. The van der Waals surface area contributed by atoms with Crippen LogP contribution in [-0.4, -0.2) is 58.7 Å². The summed E-state index contributed by atoms with van der Waals surface area (Å²) in [4.78, 5) is 46.0. The Kier molecular flexibility index (Phi) is 11.5. The Labute approximate surface area is 289 Å². The lowest BCUT2D eigenvalue weighted by Gasteiger charge is -2.33. The van der Waals surface area contributed by atoms with Gasteiger partial charge in [-0.15, -0.1) is 0 Å². The first kappa shape index (κ1) is 35.7. The smallest absolute Gasteiger partial charge is 0.359 e. The van der Waals surface area contributed by atoms with Crippen LogP contribution in [0.25, 0.3) is 11.1 Å². The average Bonchev–Trinajstić information content (AvgIpc) is 3.45. The summed E-state index contributed by atoms with van der Waals surface area (Å²) in [7, 11) is 1.54. The molecule has 4 aromatic carbocycles. The monoisotopic (exact) mass is 681 g/mol. The van der Waals surface area contributed by atoms with Crippen molar-refractivity contribution < 1.29 is 33.9 Å². The number of rotatable bonds is 15. The Hall–Kier alpha value is -5.63. The van der Waals surface area contributed by atoms with E-state index in [1.165, 1.54) is 11.1 Å². The Morgan fingerprint density at radius 2 is 1.66 bits per heavy atom. The van der Waals surface area contributed by atoms with Gasteiger partial charge in [0.25, 0.3) is 11.6 Å². The van der Waals surface area contributed by atoms with Gasteiger partial charge in [-0.05, 0) is 48.7 Å². The van der Waals surface area contributed by atoms with Crippen LogP contribution < -0.4 is 15.3 Å². The molecule has 0 saturated carbocycles. The van der Waals surface area contributed by atoms with Gasteiger partial charge in [-0.25, -0.2) is 10.3 Å². The highest BCUT2D eigenvalue weighted by atomic mass is 16.7. The van der Waals surface area contributed by atoms with Crippen LogP contribution in [0, 0.1) is 10.1 Å². The molecule has 4 aromatic rings. The third-order valence-electron chi connectivity index (χ3n) is 8.14. The minimum atomic E-state index is -2.22. The number of aliphatic hydroxyl groups is 1. The Bertz CT molecular complexity index is 1840. The molecule has 1 unspecified atom stereocenters. The minimum absolute atomic E-state index is 0.00807. The maximum Gasteiger partial charge on any atom is 0.359 e. The number of ether oxygens (including phenoxy) is 2. The van der Waals surface area contributed by atoms with E-state index in [-0.39, 0.29) is 42.3 Å². The fourth-order valence-electron chi connectivity index (χ4n) is 5.59. The molecule has 1 aliphatic rings. The summed E-state index contributed by atoms with van der Waals surface area (Å²) >= 11 is 0. The molecular formula is C37H39N5O8. The molecule has 1 aliphatic heterocycles. The predicted molar refractivity (Wildman–Crippen MR) is 187 cm³/mol. The van der Waals surface area contributed by atoms with Gasteiger partial charge in [-0.1, -0.05) is 86.1 Å². The first-order chi connectivity index (χ1) is 24.2. The molecule has 0 spiro atoms. The second-order valence-corrected chi connectivity index (χ2v) is 11.5. The van der Waals surface area contributed by atoms with E-state index in [1.54, 1.807) is 99.0 Å². The van der Waals surface area contributed by atoms with Crippen LogP contribution in [0.5, 0.6) is 5.75 Å². The fraction of sp³-hybridized carbons (Fsp3) is 0.270. The van der Waals surface area contributed by atoms with Crippen LogP contribution in [0.15, 0.2) is 102 Å². The van der Waals surface area contributed by atoms with Gasteiger partial charge in [0.2, 0.25) is 0 Å². The van der Waals surface area contributed by atoms with E-state index < -0.39 is 34.6 Å². The zero-order valence-corrected chi connectivity index (χ0v) is 28.1. The van der Waals surface area contributed by atoms with Crippen molar-refractivity contribution in [3.63, 3.8) is 0 Å². The highest BCUT2D eigenvalue weighted by Gasteiger charge is 2.50. The largest absolute Gasteiger partial charge is 0.497 e. The molecule has 13 heteroatoms. The molecule has 0 aliphatic carbocycles. The molecule has 0 aromatic heterocycles. The molecule has 1 heterocycles. The van der Waals surface area contributed by atoms with Crippen molar-refractivity contribution in [1.29, 1.82) is 0 Å². The number of hydrazine groups is 1. The standard InChI is InChI=1S/C37H39N5O8/c1-4-6-23-50-41(35(43)28-15-11-8-12-16-28)33-31(27-13-9-7-10-14-27)22-19-29(32(33)42(46)47)24-37(45)34(36(44)49-5-2)38-39-40(37)25-26-17-20-30(48-3)21-18-26/h7-22,39,45H,4-6,23-25H2,1-3H3. The number of unbranched alkanes of at least 4 members (excludes halogenated alkanes) is 1. The zero-order chi connectivity index (χ0) is 35.7. The van der Waals surface area contributed by atoms with Gasteiger partial charge < -0.3 is 14.6 Å². The summed E-state index contributed by atoms with van der Waals surface area (Å²) in [5.41, 5.74) is 1.44. The highest BCUT2D eigenvalue weighted by molar-refractivity contribution is 6.39. The molecule has 0 fully saturated rings. The third kappa shape index (κ3) is 7.65. The molecule has 5 rings (SSSR count). The molecule has 260 valence electrons. The van der Waals surface area contributed by atoms with Gasteiger partial charge in [-0.2, -0.15) is 15.2 Å². The van der Waals surface area contributed by atoms with Crippen molar-refractivity contribution in [3.05, 3.63) is 124 Å². The lowest BCUT2D eigenvalue weighted by molar-refractivity contribution is -0.385. The topological polar surface area (TPSA) is 156 Å². The minimum Gasteiger partial charge on any atom is -0.497 e. The number of carbonyl (C=O) groups is 2. The van der Waals surface area contributed by atoms with Gasteiger partial charge >= 0.3 is 5.97 Å². The van der Waals surface area contributed by atoms with E-state index in [9.17, 15) is 24.8 Å². The number of anilines is 1. The number of methoxy groups -OCH3 is 1. The Balaban J connectivity index is 1.68. The average molecular weight is 682 g/mol. The van der Waals surface area contributed by atoms with Crippen molar-refractivity contribution in [2.45, 2.75) is 45.4 Å². The highest BCUT2D eigenvalue weighted by Crippen LogP contribution is 2.44. The van der Waals surface area contributed by atoms with Crippen molar-refractivity contribution in [2.24, 2.45) is 5.10 Å². The number of hydroxylamine groups is 1. The van der Waals surface area contributed by atoms with E-state index in [0.717, 1.165) is 17.0 Å². The summed E-state index contributed by atoms with van der Waals surface area (Å²) in [6.07, 6.45) is 0.841. The van der Waals surface area contributed by atoms with E-state index in [4.69, 9.17) is 14.3 Å². The van der Waals surface area contributed by atoms with Crippen LogP contribution in [0.3, 0.4) is 0 Å². The molecular weight excluding hydrogens is 642 g/mol. The SMILES string of the molecule is CCCCON(C(=O)c1ccccc1)c1c(-c2ccccc2)ccc(CC2(O)C(C(=O)OCC)=NNN2Cc2ccc(OC)cc2)c1[N+](=O)[O-]. The third-order valence-corrected chi connectivity index (χ3v) is 8.14. The quantitative estimate of drug-likeness (QED) is 0.0679. The number of carbonyl (C=O) groups excluding carboxylic acids is 2. The van der Waals surface area contributed by atoms with Crippen molar-refractivity contribution in [2.75, 3.05) is 25.4 Å². The second kappa shape index (κ2) is 16.2. The molecule has 13 nitrogen and oxygen atoms in total. The summed E-state index contributed by atoms with van der Waals surface area (Å²) in [6.45, 7) is 3.73. The predicted octanol–water partition coefficient (Wildman–Crippen LogP) is 5.82. The van der Waals surface area contributed by atoms with Crippen LogP contribution >= 0.6 is 0 Å². The number of hydrogen-bond donors (Lipinski definition) is 2. The van der Waals surface area contributed by atoms with E-state index >= 15 is 0 Å².